The van der Waals surface area contributed by atoms with Crippen molar-refractivity contribution in [2.75, 3.05) is 45.3 Å². The van der Waals surface area contributed by atoms with Crippen LogP contribution in [-0.2, 0) is 19.2 Å². The zero-order valence-corrected chi connectivity index (χ0v) is 20.4. The summed E-state index contributed by atoms with van der Waals surface area (Å²) in [7, 11) is 3.44. The van der Waals surface area contributed by atoms with Crippen molar-refractivity contribution in [1.29, 1.82) is 0 Å². The number of hydrogen-bond donors (Lipinski definition) is 2. The molecule has 3 N–H and O–H groups in total. The molecule has 0 aliphatic carbocycles. The summed E-state index contributed by atoms with van der Waals surface area (Å²) < 4.78 is 4.86. The molecular formula is C20H25N7O5S2. The molecule has 2 saturated heterocycles. The molecule has 2 amide bonds. The summed E-state index contributed by atoms with van der Waals surface area (Å²) in [5.41, 5.74) is 5.71. The van der Waals surface area contributed by atoms with Gasteiger partial charge >= 0.3 is 0 Å². The number of carbonyl (C=O) groups is 3. The van der Waals surface area contributed by atoms with Gasteiger partial charge in [-0.15, -0.1) is 11.8 Å². The van der Waals surface area contributed by atoms with Crippen molar-refractivity contribution in [1.82, 2.24) is 19.6 Å². The summed E-state index contributed by atoms with van der Waals surface area (Å²) in [5.74, 6) is -2.36. The van der Waals surface area contributed by atoms with Crippen molar-refractivity contribution >= 4 is 51.9 Å². The minimum absolute atomic E-state index is 0.0288. The Morgan fingerprint density at radius 3 is 2.76 bits per heavy atom. The minimum Gasteiger partial charge on any atom is -0.543 e. The van der Waals surface area contributed by atoms with E-state index >= 15 is 0 Å². The average molecular weight is 508 g/mol. The molecule has 1 aromatic heterocycles. The smallest absolute Gasteiger partial charge is 0.278 e. The monoisotopic (exact) mass is 507 g/mol. The Morgan fingerprint density at radius 1 is 1.41 bits per heavy atom. The standard InChI is InChI=1S/C20H25N7O5S2/c1-27(7-3-4-8-27)9-5-6-11-10-33-18-13(17(29)26(18)14(11)19(30)31)22-16(28)12(24-32-2)15-23-20(21)34-25-15/h5-6,13,18H,3-4,7-10H2,1-2H3,(H3-,21,22,23,25,28,30,31)/t13?,18-/m0/s1. The molecule has 0 radical (unpaired) electrons. The first-order valence-electron chi connectivity index (χ1n) is 10.6. The highest BCUT2D eigenvalue weighted by Crippen LogP contribution is 2.40. The molecule has 2 atom stereocenters. The van der Waals surface area contributed by atoms with E-state index in [0.29, 0.717) is 11.3 Å². The Kier molecular flexibility index (Phi) is 6.91. The van der Waals surface area contributed by atoms with E-state index in [9.17, 15) is 19.5 Å². The van der Waals surface area contributed by atoms with Crippen LogP contribution in [0.5, 0.6) is 0 Å². The fourth-order valence-corrected chi connectivity index (χ4v) is 6.06. The van der Waals surface area contributed by atoms with E-state index in [1.165, 1.54) is 36.6 Å². The molecular weight excluding hydrogens is 482 g/mol. The number of allylic oxidation sites excluding steroid dienone is 1. The van der Waals surface area contributed by atoms with Crippen LogP contribution < -0.4 is 16.2 Å². The third-order valence-electron chi connectivity index (χ3n) is 6.04. The van der Waals surface area contributed by atoms with Crippen molar-refractivity contribution in [2.24, 2.45) is 5.16 Å². The van der Waals surface area contributed by atoms with Gasteiger partial charge in [0.25, 0.3) is 11.8 Å². The lowest BCUT2D eigenvalue weighted by atomic mass is 10.0. The number of rotatable bonds is 8. The lowest BCUT2D eigenvalue weighted by Crippen LogP contribution is -2.71. The number of β-lactam (4-membered cyclic amide) rings is 1. The van der Waals surface area contributed by atoms with E-state index in [2.05, 4.69) is 26.9 Å². The SMILES string of the molecule is CON=C(C(=O)NC1C(=O)N2C(C(=O)[O-])=C(C=CC[N+]3(C)CCCC3)CS[C@@H]12)c1nsc(N)n1. The number of nitrogens with two attached hydrogens (primary N) is 1. The van der Waals surface area contributed by atoms with Crippen molar-refractivity contribution in [3.8, 4) is 0 Å². The number of nitrogens with zero attached hydrogens (tertiary/aromatic N) is 5. The number of oxime groups is 1. The van der Waals surface area contributed by atoms with Gasteiger partial charge in [0.2, 0.25) is 11.5 Å². The first-order chi connectivity index (χ1) is 16.2. The van der Waals surface area contributed by atoms with Crippen LogP contribution in [0.4, 0.5) is 5.13 Å². The number of fused-ring (bicyclic) bond motifs is 1. The van der Waals surface area contributed by atoms with Crippen molar-refractivity contribution in [3.63, 3.8) is 0 Å². The van der Waals surface area contributed by atoms with Gasteiger partial charge in [-0.1, -0.05) is 11.2 Å². The minimum atomic E-state index is -1.42. The number of hydrogen-bond acceptors (Lipinski definition) is 11. The number of likely N-dealkylation sites (N-methyl/N-ethyl adjacent to an activating group) is 1. The number of nitrogen functional groups attached to an aromatic ring is 1. The van der Waals surface area contributed by atoms with Gasteiger partial charge in [0.15, 0.2) is 5.13 Å². The van der Waals surface area contributed by atoms with Gasteiger partial charge in [-0.2, -0.15) is 9.36 Å². The Bertz CT molecular complexity index is 1090. The number of likely N-dealkylation sites (tertiary alicyclic amines) is 1. The number of anilines is 1. The highest BCUT2D eigenvalue weighted by Gasteiger charge is 2.53. The third-order valence-corrected chi connectivity index (χ3v) is 7.88. The predicted octanol–water partition coefficient (Wildman–Crippen LogP) is -1.33. The third kappa shape index (κ3) is 4.65. The second-order valence-electron chi connectivity index (χ2n) is 8.46. The summed E-state index contributed by atoms with van der Waals surface area (Å²) in [4.78, 5) is 47.4. The Balaban J connectivity index is 1.48. The van der Waals surface area contributed by atoms with Crippen LogP contribution in [0.1, 0.15) is 18.7 Å². The van der Waals surface area contributed by atoms with Gasteiger partial charge in [0.05, 0.1) is 38.3 Å². The first-order valence-corrected chi connectivity index (χ1v) is 12.5. The van der Waals surface area contributed by atoms with Gasteiger partial charge in [0.1, 0.15) is 18.5 Å². The molecule has 0 spiro atoms. The molecule has 14 heteroatoms. The number of carboxylic acids is 1. The summed E-state index contributed by atoms with van der Waals surface area (Å²) in [5, 5.41) is 17.7. The van der Waals surface area contributed by atoms with E-state index in [-0.39, 0.29) is 22.4 Å². The van der Waals surface area contributed by atoms with E-state index in [4.69, 9.17) is 10.6 Å². The fourth-order valence-electron chi connectivity index (χ4n) is 4.31. The molecule has 0 bridgehead atoms. The Morgan fingerprint density at radius 2 is 2.15 bits per heavy atom. The topological polar surface area (TPSA) is 163 Å². The van der Waals surface area contributed by atoms with Crippen LogP contribution in [0.3, 0.4) is 0 Å². The Hall–Kier alpha value is -2.97. The second-order valence-corrected chi connectivity index (χ2v) is 10.3. The maximum atomic E-state index is 12.9. The number of amides is 2. The molecule has 0 saturated carbocycles. The van der Waals surface area contributed by atoms with E-state index < -0.39 is 29.2 Å². The normalized spacial score (nSPS) is 24.2. The van der Waals surface area contributed by atoms with Gasteiger partial charge < -0.3 is 30.3 Å². The fraction of sp³-hybridized carbons (Fsp3) is 0.500. The number of thioether (sulfide) groups is 1. The maximum absolute atomic E-state index is 12.9. The zero-order chi connectivity index (χ0) is 24.5. The highest BCUT2D eigenvalue weighted by atomic mass is 32.2. The highest BCUT2D eigenvalue weighted by molar-refractivity contribution is 8.00. The van der Waals surface area contributed by atoms with Gasteiger partial charge in [-0.25, -0.2) is 0 Å². The number of aliphatic carboxylic acids is 1. The van der Waals surface area contributed by atoms with Crippen molar-refractivity contribution in [3.05, 3.63) is 29.2 Å². The summed E-state index contributed by atoms with van der Waals surface area (Å²) >= 11 is 2.25. The Labute approximate surface area is 204 Å². The predicted molar refractivity (Wildman–Crippen MR) is 124 cm³/mol. The van der Waals surface area contributed by atoms with E-state index in [1.807, 2.05) is 6.08 Å². The molecule has 12 nitrogen and oxygen atoms in total. The first kappa shape index (κ1) is 24.2. The second kappa shape index (κ2) is 9.72. The van der Waals surface area contributed by atoms with Crippen molar-refractivity contribution < 1.29 is 28.8 Å². The molecule has 182 valence electrons. The molecule has 34 heavy (non-hydrogen) atoms. The van der Waals surface area contributed by atoms with Gasteiger partial charge in [-0.05, 0) is 11.6 Å². The number of quaternary nitrogens is 1. The number of carbonyl (C=O) groups excluding carboxylic acids is 3. The van der Waals surface area contributed by atoms with Crippen LogP contribution in [-0.4, -0.2) is 93.2 Å². The molecule has 4 heterocycles. The van der Waals surface area contributed by atoms with Gasteiger partial charge in [-0.3, -0.25) is 14.5 Å². The van der Waals surface area contributed by atoms with Crippen LogP contribution in [0.25, 0.3) is 0 Å². The zero-order valence-electron chi connectivity index (χ0n) is 18.7. The molecule has 1 aromatic rings. The van der Waals surface area contributed by atoms with Gasteiger partial charge in [0, 0.05) is 30.1 Å². The summed E-state index contributed by atoms with van der Waals surface area (Å²) in [6.45, 7) is 2.98. The molecule has 3 aliphatic heterocycles. The van der Waals surface area contributed by atoms with E-state index in [0.717, 1.165) is 35.6 Å². The van der Waals surface area contributed by atoms with Crippen LogP contribution in [0.2, 0.25) is 0 Å². The molecule has 2 fully saturated rings. The van der Waals surface area contributed by atoms with Crippen LogP contribution >= 0.6 is 23.3 Å². The van der Waals surface area contributed by atoms with Crippen LogP contribution in [0.15, 0.2) is 28.6 Å². The van der Waals surface area contributed by atoms with Crippen molar-refractivity contribution in [2.45, 2.75) is 24.3 Å². The number of aromatic nitrogens is 2. The largest absolute Gasteiger partial charge is 0.543 e. The van der Waals surface area contributed by atoms with Crippen LogP contribution in [0, 0.1) is 0 Å². The quantitative estimate of drug-likeness (QED) is 0.188. The molecule has 0 aromatic carbocycles. The lowest BCUT2D eigenvalue weighted by molar-refractivity contribution is -0.891. The average Bonchev–Trinajstić information content (AvgIpc) is 3.43. The summed E-state index contributed by atoms with van der Waals surface area (Å²) in [6.07, 6.45) is 6.12. The molecule has 4 rings (SSSR count). The number of carboxylic acid groups (broad SMARTS) is 1. The molecule has 3 aliphatic rings. The number of nitrogens with one attached hydrogen (secondary N) is 1. The lowest BCUT2D eigenvalue weighted by Gasteiger charge is -2.50. The van der Waals surface area contributed by atoms with E-state index in [1.54, 1.807) is 6.08 Å². The summed E-state index contributed by atoms with van der Waals surface area (Å²) in [6, 6.07) is -0.940. The molecule has 1 unspecified atom stereocenters. The maximum Gasteiger partial charge on any atom is 0.278 e.